The van der Waals surface area contributed by atoms with Gasteiger partial charge in [0, 0.05) is 30.5 Å². The molecule has 1 saturated carbocycles. The van der Waals surface area contributed by atoms with Crippen molar-refractivity contribution in [2.75, 3.05) is 5.32 Å². The molecule has 0 aromatic carbocycles. The first-order chi connectivity index (χ1) is 16.4. The normalized spacial score (nSPS) is 14.7. The van der Waals surface area contributed by atoms with Crippen molar-refractivity contribution in [2.24, 2.45) is 5.92 Å². The Morgan fingerprint density at radius 1 is 1.24 bits per heavy atom. The number of rotatable bonds is 11. The predicted molar refractivity (Wildman–Crippen MR) is 142 cm³/mol. The Labute approximate surface area is 204 Å². The first-order valence-electron chi connectivity index (χ1n) is 12.8. The summed E-state index contributed by atoms with van der Waals surface area (Å²) in [6, 6.07) is -0.113. The lowest BCUT2D eigenvalue weighted by Crippen LogP contribution is -2.42. The molecule has 1 atom stereocenters. The minimum Gasteiger partial charge on any atom is -0.373 e. The third kappa shape index (κ3) is 6.84. The fourth-order valence-electron chi connectivity index (χ4n) is 4.00. The highest BCUT2D eigenvalue weighted by Crippen LogP contribution is 2.31. The number of nitrogens with one attached hydrogen (secondary N) is 1. The summed E-state index contributed by atoms with van der Waals surface area (Å²) in [5, 5.41) is 7.91. The quantitative estimate of drug-likeness (QED) is 0.444. The van der Waals surface area contributed by atoms with Gasteiger partial charge in [0.2, 0.25) is 0 Å². The molecule has 1 aliphatic carbocycles. The molecule has 0 bridgehead atoms. The molecule has 1 N–H and O–H groups in total. The number of hydrogen-bond donors (Lipinski definition) is 1. The van der Waals surface area contributed by atoms with Crippen LogP contribution in [0, 0.1) is 12.8 Å². The maximum absolute atomic E-state index is 13.2. The standard InChI is InChI=1S/C25H37N5O2.C2H6/c1-6-9-20(10-7-2)15-28-17-22(14-26-28)18(4)27-23-19(5)30(16-21-11-12-21)25(32)29(13-8-3)24(23)31;1-2/h6,9-10,14,17-18,21,27H,7-8,11-13,15-16H2,1-5H3;1-2H3/b9-6-,20-10+;. The summed E-state index contributed by atoms with van der Waals surface area (Å²) in [4.78, 5) is 26.1. The van der Waals surface area contributed by atoms with Gasteiger partial charge in [0.05, 0.1) is 18.8 Å². The average Bonchev–Trinajstić information content (AvgIpc) is 3.54. The smallest absolute Gasteiger partial charge is 0.331 e. The molecule has 0 spiro atoms. The van der Waals surface area contributed by atoms with Crippen molar-refractivity contribution in [1.29, 1.82) is 0 Å². The minimum atomic E-state index is -0.234. The van der Waals surface area contributed by atoms with Gasteiger partial charge >= 0.3 is 5.69 Å². The second kappa shape index (κ2) is 13.2. The Morgan fingerprint density at radius 2 is 1.94 bits per heavy atom. The molecule has 7 nitrogen and oxygen atoms in total. The van der Waals surface area contributed by atoms with Crippen molar-refractivity contribution in [3.05, 3.63) is 68.3 Å². The molecule has 3 rings (SSSR count). The third-order valence-corrected chi connectivity index (χ3v) is 5.98. The van der Waals surface area contributed by atoms with Crippen LogP contribution in [0.4, 0.5) is 5.69 Å². The van der Waals surface area contributed by atoms with E-state index in [0.29, 0.717) is 31.2 Å². The monoisotopic (exact) mass is 469 g/mol. The van der Waals surface area contributed by atoms with Gasteiger partial charge in [0.15, 0.2) is 0 Å². The highest BCUT2D eigenvalue weighted by Gasteiger charge is 2.26. The Hall–Kier alpha value is -2.83. The van der Waals surface area contributed by atoms with Crippen LogP contribution in [0.2, 0.25) is 0 Å². The molecule has 0 saturated heterocycles. The number of allylic oxidation sites excluding steroid dienone is 4. The van der Waals surface area contributed by atoms with E-state index in [0.717, 1.165) is 36.9 Å². The van der Waals surface area contributed by atoms with Crippen LogP contribution >= 0.6 is 0 Å². The van der Waals surface area contributed by atoms with E-state index in [2.05, 4.69) is 29.5 Å². The highest BCUT2D eigenvalue weighted by atomic mass is 16.2. The zero-order valence-corrected chi connectivity index (χ0v) is 22.1. The zero-order valence-electron chi connectivity index (χ0n) is 22.1. The molecule has 2 aromatic heterocycles. The molecule has 1 aliphatic rings. The first kappa shape index (κ1) is 27.4. The lowest BCUT2D eigenvalue weighted by Gasteiger charge is -2.20. The Kier molecular flexibility index (Phi) is 10.6. The van der Waals surface area contributed by atoms with Gasteiger partial charge in [-0.3, -0.25) is 18.6 Å². The van der Waals surface area contributed by atoms with Crippen LogP contribution in [0.1, 0.15) is 84.5 Å². The van der Waals surface area contributed by atoms with Gasteiger partial charge in [0.1, 0.15) is 5.69 Å². The van der Waals surface area contributed by atoms with Gasteiger partial charge in [0.25, 0.3) is 5.56 Å². The number of anilines is 1. The number of hydrogen-bond acceptors (Lipinski definition) is 4. The predicted octanol–water partition coefficient (Wildman–Crippen LogP) is 5.45. The van der Waals surface area contributed by atoms with E-state index in [4.69, 9.17) is 0 Å². The molecule has 7 heteroatoms. The van der Waals surface area contributed by atoms with Crippen LogP contribution in [-0.4, -0.2) is 18.9 Å². The topological polar surface area (TPSA) is 73.8 Å². The Bertz CT molecular complexity index is 1100. The van der Waals surface area contributed by atoms with Crippen LogP contribution in [0.5, 0.6) is 0 Å². The van der Waals surface area contributed by atoms with Gasteiger partial charge < -0.3 is 5.32 Å². The largest absolute Gasteiger partial charge is 0.373 e. The second-order valence-electron chi connectivity index (χ2n) is 8.78. The van der Waals surface area contributed by atoms with E-state index in [-0.39, 0.29) is 17.3 Å². The van der Waals surface area contributed by atoms with Crippen molar-refractivity contribution in [1.82, 2.24) is 18.9 Å². The van der Waals surface area contributed by atoms with Crippen molar-refractivity contribution >= 4 is 5.69 Å². The maximum Gasteiger partial charge on any atom is 0.331 e. The molecule has 0 amide bonds. The molecule has 2 aromatic rings. The maximum atomic E-state index is 13.2. The summed E-state index contributed by atoms with van der Waals surface area (Å²) in [7, 11) is 0. The van der Waals surface area contributed by atoms with E-state index in [1.54, 1.807) is 4.57 Å². The highest BCUT2D eigenvalue weighted by molar-refractivity contribution is 5.47. The van der Waals surface area contributed by atoms with Gasteiger partial charge in [-0.15, -0.1) is 0 Å². The Balaban J connectivity index is 0.00000199. The van der Waals surface area contributed by atoms with E-state index >= 15 is 0 Å². The average molecular weight is 470 g/mol. The van der Waals surface area contributed by atoms with E-state index < -0.39 is 0 Å². The summed E-state index contributed by atoms with van der Waals surface area (Å²) in [5.74, 6) is 0.546. The molecule has 1 unspecified atom stereocenters. The fraction of sp³-hybridized carbons (Fsp3) is 0.593. The summed E-state index contributed by atoms with van der Waals surface area (Å²) in [6.45, 7) is 15.8. The van der Waals surface area contributed by atoms with E-state index in [1.165, 1.54) is 10.1 Å². The van der Waals surface area contributed by atoms with Crippen LogP contribution in [0.15, 0.2) is 45.8 Å². The van der Waals surface area contributed by atoms with Gasteiger partial charge in [-0.25, -0.2) is 4.79 Å². The van der Waals surface area contributed by atoms with Crippen molar-refractivity contribution < 1.29 is 0 Å². The first-order valence-corrected chi connectivity index (χ1v) is 12.8. The van der Waals surface area contributed by atoms with Crippen molar-refractivity contribution in [2.45, 2.75) is 99.8 Å². The summed E-state index contributed by atoms with van der Waals surface area (Å²) >= 11 is 0. The lowest BCUT2D eigenvalue weighted by molar-refractivity contribution is 0.513. The number of aromatic nitrogens is 4. The molecular formula is C27H43N5O2. The Morgan fingerprint density at radius 3 is 2.53 bits per heavy atom. The van der Waals surface area contributed by atoms with Crippen LogP contribution in [0.25, 0.3) is 0 Å². The van der Waals surface area contributed by atoms with Gasteiger partial charge in [-0.1, -0.05) is 45.9 Å². The zero-order chi connectivity index (χ0) is 25.3. The van der Waals surface area contributed by atoms with Crippen molar-refractivity contribution in [3.8, 4) is 0 Å². The number of nitrogens with zero attached hydrogens (tertiary/aromatic N) is 4. The van der Waals surface area contributed by atoms with Crippen LogP contribution in [-0.2, 0) is 19.6 Å². The second-order valence-corrected chi connectivity index (χ2v) is 8.78. The van der Waals surface area contributed by atoms with Gasteiger partial charge in [-0.2, -0.15) is 5.10 Å². The van der Waals surface area contributed by atoms with Crippen LogP contribution < -0.4 is 16.6 Å². The lowest BCUT2D eigenvalue weighted by atomic mass is 10.1. The molecule has 0 aliphatic heterocycles. The summed E-state index contributed by atoms with van der Waals surface area (Å²) < 4.78 is 5.09. The molecule has 0 radical (unpaired) electrons. The molecular weight excluding hydrogens is 426 g/mol. The minimum absolute atomic E-state index is 0.113. The molecule has 2 heterocycles. The third-order valence-electron chi connectivity index (χ3n) is 5.98. The molecule has 34 heavy (non-hydrogen) atoms. The van der Waals surface area contributed by atoms with E-state index in [9.17, 15) is 9.59 Å². The summed E-state index contributed by atoms with van der Waals surface area (Å²) in [6.07, 6.45) is 14.2. The molecule has 188 valence electrons. The van der Waals surface area contributed by atoms with Crippen LogP contribution in [0.3, 0.4) is 0 Å². The SMILES string of the molecule is C/C=C\C(=C/CC)Cn1cc(C(C)Nc2c(C)n(CC3CC3)c(=O)n(CCC)c2=O)cn1.CC. The van der Waals surface area contributed by atoms with E-state index in [1.807, 2.05) is 64.7 Å². The van der Waals surface area contributed by atoms with Crippen molar-refractivity contribution in [3.63, 3.8) is 0 Å². The fourth-order valence-corrected chi connectivity index (χ4v) is 4.00. The molecule has 1 fully saturated rings. The summed E-state index contributed by atoms with van der Waals surface area (Å²) in [5.41, 5.74) is 3.03. The van der Waals surface area contributed by atoms with Gasteiger partial charge in [-0.05, 0) is 57.9 Å².